The molecule has 0 bridgehead atoms. The predicted molar refractivity (Wildman–Crippen MR) is 118 cm³/mol. The number of nitrogens with zero attached hydrogens (tertiary/aromatic N) is 4. The molecular weight excluding hydrogens is 390 g/mol. The number of aliphatic imine (C=N–C) groups is 2. The minimum Gasteiger partial charge on any atom is -0.370 e. The number of amides is 1. The fourth-order valence-electron chi connectivity index (χ4n) is 3.20. The highest BCUT2D eigenvalue weighted by Crippen LogP contribution is 2.36. The molecule has 2 aromatic carbocycles. The summed E-state index contributed by atoms with van der Waals surface area (Å²) in [7, 11) is 0. The largest absolute Gasteiger partial charge is 0.370 e. The van der Waals surface area contributed by atoms with Gasteiger partial charge in [-0.2, -0.15) is 4.99 Å². The van der Waals surface area contributed by atoms with Crippen molar-refractivity contribution in [1.29, 1.82) is 0 Å². The number of halogens is 1. The highest BCUT2D eigenvalue weighted by Gasteiger charge is 2.24. The molecule has 1 fully saturated rings. The Morgan fingerprint density at radius 3 is 2.28 bits per heavy atom. The Morgan fingerprint density at radius 1 is 1.00 bits per heavy atom. The molecule has 3 rings (SSSR count). The summed E-state index contributed by atoms with van der Waals surface area (Å²) in [6, 6.07) is 13.0. The standard InChI is InChI=1S/C20H24ClN7O/c1-13-5-7-14(8-6-13)18(29)28-11-9-27(10-12-28)17-15(21)3-2-4-16(17)25-20(24)26-19(22)23/h2-8H,9-12H2,1H3,(H6,22,23,24,25,26). The molecule has 0 saturated carbocycles. The first-order chi connectivity index (χ1) is 13.8. The fraction of sp³-hybridized carbons (Fsp3) is 0.250. The number of rotatable bonds is 3. The molecule has 9 heteroatoms. The lowest BCUT2D eigenvalue weighted by atomic mass is 10.1. The molecule has 152 valence electrons. The highest BCUT2D eigenvalue weighted by molar-refractivity contribution is 6.34. The van der Waals surface area contributed by atoms with Crippen LogP contribution in [0.5, 0.6) is 0 Å². The Balaban J connectivity index is 1.76. The van der Waals surface area contributed by atoms with Crippen LogP contribution in [-0.2, 0) is 0 Å². The summed E-state index contributed by atoms with van der Waals surface area (Å²) in [4.78, 5) is 24.7. The van der Waals surface area contributed by atoms with E-state index in [4.69, 9.17) is 28.8 Å². The van der Waals surface area contributed by atoms with Crippen LogP contribution >= 0.6 is 11.6 Å². The lowest BCUT2D eigenvalue weighted by molar-refractivity contribution is 0.0747. The molecule has 0 unspecified atom stereocenters. The van der Waals surface area contributed by atoms with Gasteiger partial charge in [0.05, 0.1) is 16.4 Å². The minimum absolute atomic E-state index is 0.0269. The fourth-order valence-corrected chi connectivity index (χ4v) is 3.49. The van der Waals surface area contributed by atoms with Gasteiger partial charge >= 0.3 is 0 Å². The maximum absolute atomic E-state index is 12.7. The van der Waals surface area contributed by atoms with Crippen molar-refractivity contribution in [3.05, 3.63) is 58.6 Å². The number of aryl methyl sites for hydroxylation is 1. The minimum atomic E-state index is -0.168. The third-order valence-corrected chi connectivity index (χ3v) is 4.93. The monoisotopic (exact) mass is 413 g/mol. The van der Waals surface area contributed by atoms with E-state index in [0.717, 1.165) is 11.3 Å². The van der Waals surface area contributed by atoms with Crippen LogP contribution in [0.3, 0.4) is 0 Å². The van der Waals surface area contributed by atoms with Gasteiger partial charge in [0, 0.05) is 31.7 Å². The molecule has 0 aliphatic carbocycles. The molecule has 0 aromatic heterocycles. The summed E-state index contributed by atoms with van der Waals surface area (Å²) in [6.07, 6.45) is 0. The first kappa shape index (κ1) is 20.5. The Labute approximate surface area is 174 Å². The molecular formula is C20H24ClN7O. The summed E-state index contributed by atoms with van der Waals surface area (Å²) in [6.45, 7) is 4.38. The molecule has 6 N–H and O–H groups in total. The maximum atomic E-state index is 12.7. The zero-order valence-corrected chi connectivity index (χ0v) is 16.9. The predicted octanol–water partition coefficient (Wildman–Crippen LogP) is 1.83. The SMILES string of the molecule is Cc1ccc(C(=O)N2CCN(c3c(Cl)cccc3N=C(N)N=C(N)N)CC2)cc1. The number of piperazine rings is 1. The molecule has 0 radical (unpaired) electrons. The van der Waals surface area contributed by atoms with E-state index in [1.54, 1.807) is 18.2 Å². The number of nitrogens with two attached hydrogens (primary N) is 3. The molecule has 1 aliphatic heterocycles. The second-order valence-electron chi connectivity index (χ2n) is 6.76. The van der Waals surface area contributed by atoms with Crippen molar-refractivity contribution in [3.63, 3.8) is 0 Å². The second kappa shape index (κ2) is 8.83. The van der Waals surface area contributed by atoms with E-state index < -0.39 is 0 Å². The Kier molecular flexibility index (Phi) is 6.23. The number of benzene rings is 2. The Hall–Kier alpha value is -3.26. The normalized spacial score (nSPS) is 14.6. The number of carbonyl (C=O) groups excluding carboxylic acids is 1. The topological polar surface area (TPSA) is 126 Å². The van der Waals surface area contributed by atoms with Crippen LogP contribution in [0.2, 0.25) is 5.02 Å². The zero-order chi connectivity index (χ0) is 21.0. The van der Waals surface area contributed by atoms with E-state index >= 15 is 0 Å². The van der Waals surface area contributed by atoms with Crippen LogP contribution in [0.25, 0.3) is 0 Å². The summed E-state index contributed by atoms with van der Waals surface area (Å²) in [5.74, 6) is -0.196. The molecule has 0 spiro atoms. The van der Waals surface area contributed by atoms with Gasteiger partial charge in [0.15, 0.2) is 5.96 Å². The molecule has 1 saturated heterocycles. The number of guanidine groups is 2. The van der Waals surface area contributed by atoms with E-state index in [0.29, 0.717) is 42.5 Å². The van der Waals surface area contributed by atoms with Gasteiger partial charge in [-0.1, -0.05) is 35.4 Å². The third-order valence-electron chi connectivity index (χ3n) is 4.63. The van der Waals surface area contributed by atoms with Crippen LogP contribution in [0, 0.1) is 6.92 Å². The van der Waals surface area contributed by atoms with Gasteiger partial charge in [-0.15, -0.1) is 0 Å². The summed E-state index contributed by atoms with van der Waals surface area (Å²) in [5.41, 5.74) is 19.6. The van der Waals surface area contributed by atoms with Crippen molar-refractivity contribution in [2.75, 3.05) is 31.1 Å². The summed E-state index contributed by atoms with van der Waals surface area (Å²) in [5, 5.41) is 0.544. The van der Waals surface area contributed by atoms with Crippen molar-refractivity contribution < 1.29 is 4.79 Å². The zero-order valence-electron chi connectivity index (χ0n) is 16.2. The van der Waals surface area contributed by atoms with Gasteiger partial charge in [-0.05, 0) is 31.2 Å². The molecule has 0 atom stereocenters. The smallest absolute Gasteiger partial charge is 0.253 e. The molecule has 8 nitrogen and oxygen atoms in total. The van der Waals surface area contributed by atoms with Gasteiger partial charge in [0.2, 0.25) is 5.96 Å². The average molecular weight is 414 g/mol. The lowest BCUT2D eigenvalue weighted by Gasteiger charge is -2.37. The van der Waals surface area contributed by atoms with Gasteiger partial charge in [0.25, 0.3) is 5.91 Å². The number of carbonyl (C=O) groups is 1. The third kappa shape index (κ3) is 4.97. The van der Waals surface area contributed by atoms with Gasteiger partial charge < -0.3 is 27.0 Å². The Morgan fingerprint density at radius 2 is 1.66 bits per heavy atom. The van der Waals surface area contributed by atoms with Crippen LogP contribution in [0.1, 0.15) is 15.9 Å². The van der Waals surface area contributed by atoms with Crippen LogP contribution in [0.4, 0.5) is 11.4 Å². The van der Waals surface area contributed by atoms with Gasteiger partial charge in [0.1, 0.15) is 0 Å². The van der Waals surface area contributed by atoms with Crippen LogP contribution in [0.15, 0.2) is 52.4 Å². The maximum Gasteiger partial charge on any atom is 0.253 e. The van der Waals surface area contributed by atoms with Crippen LogP contribution < -0.4 is 22.1 Å². The van der Waals surface area contributed by atoms with E-state index in [1.807, 2.05) is 36.1 Å². The average Bonchev–Trinajstić information content (AvgIpc) is 2.68. The second-order valence-corrected chi connectivity index (χ2v) is 7.17. The van der Waals surface area contributed by atoms with E-state index in [9.17, 15) is 4.79 Å². The molecule has 29 heavy (non-hydrogen) atoms. The molecule has 1 aliphatic rings. The first-order valence-electron chi connectivity index (χ1n) is 9.18. The number of hydrogen-bond donors (Lipinski definition) is 3. The van der Waals surface area contributed by atoms with E-state index in [1.165, 1.54) is 0 Å². The summed E-state index contributed by atoms with van der Waals surface area (Å²) >= 11 is 6.44. The summed E-state index contributed by atoms with van der Waals surface area (Å²) < 4.78 is 0. The van der Waals surface area contributed by atoms with E-state index in [2.05, 4.69) is 14.9 Å². The quantitative estimate of drug-likeness (QED) is 0.522. The van der Waals surface area contributed by atoms with Gasteiger partial charge in [-0.3, -0.25) is 4.79 Å². The first-order valence-corrected chi connectivity index (χ1v) is 9.56. The van der Waals surface area contributed by atoms with Crippen LogP contribution in [-0.4, -0.2) is 48.9 Å². The Bertz CT molecular complexity index is 944. The molecule has 1 heterocycles. The highest BCUT2D eigenvalue weighted by atomic mass is 35.5. The molecule has 2 aromatic rings. The van der Waals surface area contributed by atoms with Crippen molar-refractivity contribution in [1.82, 2.24) is 4.90 Å². The van der Waals surface area contributed by atoms with Crippen molar-refractivity contribution in [2.45, 2.75) is 6.92 Å². The lowest BCUT2D eigenvalue weighted by Crippen LogP contribution is -2.48. The number of hydrogen-bond acceptors (Lipinski definition) is 3. The number of anilines is 1. The molecule has 1 amide bonds. The van der Waals surface area contributed by atoms with Crippen molar-refractivity contribution in [2.24, 2.45) is 27.2 Å². The number of para-hydroxylation sites is 1. The van der Waals surface area contributed by atoms with E-state index in [-0.39, 0.29) is 17.8 Å². The van der Waals surface area contributed by atoms with Crippen molar-refractivity contribution in [3.8, 4) is 0 Å². The van der Waals surface area contributed by atoms with Gasteiger partial charge in [-0.25, -0.2) is 4.99 Å². The van der Waals surface area contributed by atoms with Crippen molar-refractivity contribution >= 4 is 40.8 Å².